The Morgan fingerprint density at radius 1 is 1.03 bits per heavy atom. The lowest BCUT2D eigenvalue weighted by atomic mass is 10.0. The molecule has 0 aromatic heterocycles. The van der Waals surface area contributed by atoms with E-state index in [1.54, 1.807) is 6.92 Å². The average molecular weight is 552 g/mol. The molecule has 0 bridgehead atoms. The summed E-state index contributed by atoms with van der Waals surface area (Å²) in [7, 11) is -3.73. The molecule has 7 nitrogen and oxygen atoms in total. The van der Waals surface area contributed by atoms with Crippen LogP contribution in [0, 0.1) is 17.5 Å². The highest BCUT2D eigenvalue weighted by atomic mass is 35.5. The van der Waals surface area contributed by atoms with Crippen LogP contribution in [0.1, 0.15) is 13.3 Å². The maximum atomic E-state index is 15.3. The van der Waals surface area contributed by atoms with Gasteiger partial charge in [0.1, 0.15) is 11.9 Å². The Morgan fingerprint density at radius 2 is 1.73 bits per heavy atom. The van der Waals surface area contributed by atoms with Crippen molar-refractivity contribution in [2.75, 3.05) is 16.5 Å². The molecule has 2 atom stereocenters. The van der Waals surface area contributed by atoms with E-state index in [0.29, 0.717) is 0 Å². The van der Waals surface area contributed by atoms with E-state index in [4.69, 9.17) is 11.6 Å². The Morgan fingerprint density at radius 3 is 2.41 bits per heavy atom. The summed E-state index contributed by atoms with van der Waals surface area (Å²) in [6.45, 7) is 1.60. The van der Waals surface area contributed by atoms with E-state index < -0.39 is 51.3 Å². The minimum atomic E-state index is -3.73. The summed E-state index contributed by atoms with van der Waals surface area (Å²) in [5, 5.41) is 4.84. The van der Waals surface area contributed by atoms with Crippen LogP contribution < -0.4 is 15.5 Å². The summed E-state index contributed by atoms with van der Waals surface area (Å²) in [5.41, 5.74) is -0.806. The van der Waals surface area contributed by atoms with Crippen LogP contribution in [0.4, 0.5) is 29.3 Å². The number of nitrogens with zero attached hydrogens (tertiary/aromatic N) is 1. The molecule has 3 aromatic rings. The van der Waals surface area contributed by atoms with Crippen LogP contribution in [0.25, 0.3) is 11.1 Å². The molecule has 194 valence electrons. The van der Waals surface area contributed by atoms with Crippen molar-refractivity contribution >= 4 is 44.8 Å². The van der Waals surface area contributed by atoms with Gasteiger partial charge >= 0.3 is 6.03 Å². The molecule has 1 aliphatic rings. The molecule has 3 aromatic carbocycles. The molecule has 37 heavy (non-hydrogen) atoms. The van der Waals surface area contributed by atoms with E-state index >= 15 is 8.78 Å². The number of amides is 3. The fraction of sp³-hybridized carbons (Fsp3) is 0.200. The number of nitrogens with one attached hydrogen (secondary N) is 2. The van der Waals surface area contributed by atoms with Crippen molar-refractivity contribution in [3.05, 3.63) is 77.1 Å². The molecule has 0 saturated carbocycles. The molecule has 0 aliphatic carbocycles. The SMILES string of the molecule is CC1C[C@@H](NC(=O)Nc2ccc(Cl)cc2F)C(=O)N1c1ccc(-c2ccccc2S(C)(=O)=O)c(F)c1F. The molecule has 3 amide bonds. The van der Waals surface area contributed by atoms with E-state index in [1.165, 1.54) is 48.5 Å². The van der Waals surface area contributed by atoms with E-state index in [9.17, 15) is 22.4 Å². The Bertz CT molecular complexity index is 1520. The smallest absolute Gasteiger partial charge is 0.319 e. The van der Waals surface area contributed by atoms with Gasteiger partial charge in [-0.2, -0.15) is 0 Å². The van der Waals surface area contributed by atoms with Gasteiger partial charge in [-0.1, -0.05) is 29.8 Å². The maximum Gasteiger partial charge on any atom is 0.319 e. The van der Waals surface area contributed by atoms with E-state index in [-0.39, 0.29) is 38.8 Å². The summed E-state index contributed by atoms with van der Waals surface area (Å²) in [5.74, 6) is -4.12. The zero-order chi connectivity index (χ0) is 27.1. The lowest BCUT2D eigenvalue weighted by Crippen LogP contribution is -2.44. The molecular weight excluding hydrogens is 531 g/mol. The summed E-state index contributed by atoms with van der Waals surface area (Å²) in [6.07, 6.45) is 1.04. The molecule has 1 heterocycles. The predicted octanol–water partition coefficient (Wildman–Crippen LogP) is 5.14. The number of carbonyl (C=O) groups is 2. The monoisotopic (exact) mass is 551 g/mol. The molecule has 12 heteroatoms. The van der Waals surface area contributed by atoms with Gasteiger partial charge in [-0.3, -0.25) is 4.79 Å². The molecule has 1 aliphatic heterocycles. The van der Waals surface area contributed by atoms with Crippen LogP contribution in [0.15, 0.2) is 59.5 Å². The van der Waals surface area contributed by atoms with Crippen molar-refractivity contribution in [1.29, 1.82) is 0 Å². The quantitative estimate of drug-likeness (QED) is 0.459. The topological polar surface area (TPSA) is 95.6 Å². The fourth-order valence-electron chi connectivity index (χ4n) is 4.26. The fourth-order valence-corrected chi connectivity index (χ4v) is 5.32. The molecule has 1 unspecified atom stereocenters. The number of hydrogen-bond acceptors (Lipinski definition) is 4. The van der Waals surface area contributed by atoms with Crippen molar-refractivity contribution in [3.8, 4) is 11.1 Å². The highest BCUT2D eigenvalue weighted by Crippen LogP contribution is 2.36. The minimum absolute atomic E-state index is 0.0145. The van der Waals surface area contributed by atoms with Gasteiger partial charge in [0.25, 0.3) is 0 Å². The van der Waals surface area contributed by atoms with E-state index in [0.717, 1.165) is 17.2 Å². The van der Waals surface area contributed by atoms with Crippen molar-refractivity contribution in [2.24, 2.45) is 0 Å². The minimum Gasteiger partial charge on any atom is -0.326 e. The maximum absolute atomic E-state index is 15.3. The van der Waals surface area contributed by atoms with Crippen LogP contribution in [-0.2, 0) is 14.6 Å². The Labute approximate surface area is 216 Å². The second kappa shape index (κ2) is 10.1. The molecule has 0 radical (unpaired) electrons. The summed E-state index contributed by atoms with van der Waals surface area (Å²) in [4.78, 5) is 26.3. The molecule has 1 fully saturated rings. The molecule has 0 spiro atoms. The first kappa shape index (κ1) is 26.5. The summed E-state index contributed by atoms with van der Waals surface area (Å²) in [6, 6.07) is 9.08. The van der Waals surface area contributed by atoms with Gasteiger partial charge in [0.2, 0.25) is 5.91 Å². The van der Waals surface area contributed by atoms with E-state index in [1.807, 2.05) is 0 Å². The van der Waals surface area contributed by atoms with Gasteiger partial charge in [0.05, 0.1) is 16.3 Å². The molecular formula is C25H21ClF3N3O4S. The van der Waals surface area contributed by atoms with Gasteiger partial charge in [0.15, 0.2) is 21.5 Å². The van der Waals surface area contributed by atoms with E-state index in [2.05, 4.69) is 10.6 Å². The third kappa shape index (κ3) is 5.28. The largest absolute Gasteiger partial charge is 0.326 e. The zero-order valence-corrected chi connectivity index (χ0v) is 21.1. The van der Waals surface area contributed by atoms with Gasteiger partial charge in [-0.25, -0.2) is 26.4 Å². The summed E-state index contributed by atoms with van der Waals surface area (Å²) < 4.78 is 68.7. The number of benzene rings is 3. The molecule has 4 rings (SSSR count). The van der Waals surface area contributed by atoms with Gasteiger partial charge in [-0.15, -0.1) is 0 Å². The van der Waals surface area contributed by atoms with Crippen LogP contribution >= 0.6 is 11.6 Å². The zero-order valence-electron chi connectivity index (χ0n) is 19.6. The third-order valence-corrected chi connectivity index (χ3v) is 7.33. The first-order chi connectivity index (χ1) is 17.4. The number of anilines is 2. The standard InChI is InChI=1S/C25H21ClF3N3O4S/c1-13-11-19(31-25(34)30-18-9-7-14(26)12-17(18)27)24(33)32(13)20-10-8-16(22(28)23(20)29)15-5-3-4-6-21(15)37(2,35)36/h3-10,12-13,19H,11H2,1-2H3,(H2,30,31,34)/t13?,19-/m1/s1. The van der Waals surface area contributed by atoms with Gasteiger partial charge in [0, 0.05) is 28.4 Å². The van der Waals surface area contributed by atoms with Crippen molar-refractivity contribution in [1.82, 2.24) is 5.32 Å². The summed E-state index contributed by atoms with van der Waals surface area (Å²) >= 11 is 5.69. The highest BCUT2D eigenvalue weighted by molar-refractivity contribution is 7.90. The van der Waals surface area contributed by atoms with Gasteiger partial charge < -0.3 is 15.5 Å². The normalized spacial score (nSPS) is 17.7. The first-order valence-electron chi connectivity index (χ1n) is 11.0. The van der Waals surface area contributed by atoms with Crippen molar-refractivity contribution < 1.29 is 31.2 Å². The number of hydrogen-bond donors (Lipinski definition) is 2. The van der Waals surface area contributed by atoms with Crippen LogP contribution in [0.3, 0.4) is 0 Å². The van der Waals surface area contributed by atoms with Gasteiger partial charge in [-0.05, 0) is 49.7 Å². The molecule has 2 N–H and O–H groups in total. The Kier molecular flexibility index (Phi) is 7.20. The predicted molar refractivity (Wildman–Crippen MR) is 134 cm³/mol. The lowest BCUT2D eigenvalue weighted by molar-refractivity contribution is -0.118. The Hall–Kier alpha value is -3.57. The number of carbonyl (C=O) groups excluding carboxylic acids is 2. The Balaban J connectivity index is 1.58. The number of halogens is 4. The van der Waals surface area contributed by atoms with Crippen LogP contribution in [0.2, 0.25) is 5.02 Å². The second-order valence-corrected chi connectivity index (χ2v) is 11.0. The first-order valence-corrected chi connectivity index (χ1v) is 13.3. The number of urea groups is 1. The van der Waals surface area contributed by atoms with Crippen LogP contribution in [0.5, 0.6) is 0 Å². The average Bonchev–Trinajstić information content (AvgIpc) is 3.09. The highest BCUT2D eigenvalue weighted by Gasteiger charge is 2.40. The molecule has 1 saturated heterocycles. The second-order valence-electron chi connectivity index (χ2n) is 8.60. The van der Waals surface area contributed by atoms with Crippen LogP contribution in [-0.4, -0.2) is 38.7 Å². The lowest BCUT2D eigenvalue weighted by Gasteiger charge is -2.23. The number of rotatable bonds is 5. The van der Waals surface area contributed by atoms with Crippen molar-refractivity contribution in [3.63, 3.8) is 0 Å². The third-order valence-electron chi connectivity index (χ3n) is 5.94. The number of sulfone groups is 1. The van der Waals surface area contributed by atoms with Crippen molar-refractivity contribution in [2.45, 2.75) is 30.3 Å².